The van der Waals surface area contributed by atoms with Gasteiger partial charge in [-0.25, -0.2) is 0 Å². The number of benzene rings is 3. The Morgan fingerprint density at radius 3 is 2.49 bits per heavy atom. The van der Waals surface area contributed by atoms with Crippen LogP contribution >= 0.6 is 12.2 Å². The first-order chi connectivity index (χ1) is 17.0. The average molecular weight is 483 g/mol. The molecule has 2 heterocycles. The second-order valence-electron chi connectivity index (χ2n) is 8.73. The highest BCUT2D eigenvalue weighted by molar-refractivity contribution is 7.80. The van der Waals surface area contributed by atoms with Crippen LogP contribution in [0.1, 0.15) is 17.5 Å². The van der Waals surface area contributed by atoms with E-state index in [1.165, 1.54) is 0 Å². The van der Waals surface area contributed by atoms with Gasteiger partial charge >= 0.3 is 0 Å². The fourth-order valence-electron chi connectivity index (χ4n) is 4.51. The highest BCUT2D eigenvalue weighted by atomic mass is 32.1. The van der Waals surface area contributed by atoms with Crippen molar-refractivity contribution in [3.8, 4) is 0 Å². The molecule has 2 amide bonds. The van der Waals surface area contributed by atoms with Crippen molar-refractivity contribution in [3.05, 3.63) is 96.2 Å². The first-order valence-corrected chi connectivity index (χ1v) is 12.0. The Hall–Kier alpha value is -3.97. The summed E-state index contributed by atoms with van der Waals surface area (Å²) in [5.74, 6) is -0.402. The number of H-pyrrole nitrogens is 1. The number of rotatable bonds is 7. The summed E-state index contributed by atoms with van der Waals surface area (Å²) in [6.07, 6.45) is 2.71. The van der Waals surface area contributed by atoms with Crippen molar-refractivity contribution >= 4 is 51.4 Å². The molecular weight excluding hydrogens is 456 g/mol. The van der Waals surface area contributed by atoms with Crippen LogP contribution in [0.5, 0.6) is 0 Å². The average Bonchev–Trinajstić information content (AvgIpc) is 3.38. The van der Waals surface area contributed by atoms with Crippen LogP contribution in [0, 0.1) is 6.92 Å². The van der Waals surface area contributed by atoms with Crippen LogP contribution in [-0.4, -0.2) is 39.4 Å². The fourth-order valence-corrected chi connectivity index (χ4v) is 4.92. The van der Waals surface area contributed by atoms with E-state index in [4.69, 9.17) is 12.2 Å². The van der Waals surface area contributed by atoms with E-state index < -0.39 is 6.04 Å². The minimum atomic E-state index is -0.668. The van der Waals surface area contributed by atoms with Crippen LogP contribution in [0.4, 0.5) is 11.4 Å². The summed E-state index contributed by atoms with van der Waals surface area (Å²) in [5.41, 5.74) is 4.75. The molecule has 0 saturated carbocycles. The Morgan fingerprint density at radius 1 is 1.00 bits per heavy atom. The number of aryl methyl sites for hydroxylation is 1. The lowest BCUT2D eigenvalue weighted by atomic mass is 10.1. The molecule has 1 aliphatic heterocycles. The van der Waals surface area contributed by atoms with Crippen molar-refractivity contribution in [1.29, 1.82) is 0 Å². The van der Waals surface area contributed by atoms with Gasteiger partial charge < -0.3 is 15.2 Å². The molecule has 6 nitrogen and oxygen atoms in total. The molecule has 0 radical (unpaired) electrons. The third-order valence-electron chi connectivity index (χ3n) is 6.34. The summed E-state index contributed by atoms with van der Waals surface area (Å²) < 4.78 is 0. The minimum Gasteiger partial charge on any atom is -0.361 e. The van der Waals surface area contributed by atoms with Gasteiger partial charge in [-0.3, -0.25) is 14.5 Å². The summed E-state index contributed by atoms with van der Waals surface area (Å²) in [6, 6.07) is 24.4. The number of aromatic nitrogens is 1. The van der Waals surface area contributed by atoms with E-state index >= 15 is 0 Å². The standard InChI is InChI=1S/C28H26N4O2S/c1-19-11-13-21(14-12-19)30-26(33)17-25-27(34)32(22-7-3-2-4-8-22)28(35)31(25)16-15-20-18-29-24-10-6-5-9-23(20)24/h2-14,18,25,29H,15-17H2,1H3,(H,30,33). The van der Waals surface area contributed by atoms with E-state index in [-0.39, 0.29) is 18.2 Å². The van der Waals surface area contributed by atoms with Gasteiger partial charge in [-0.05, 0) is 61.5 Å². The summed E-state index contributed by atoms with van der Waals surface area (Å²) >= 11 is 5.78. The zero-order valence-electron chi connectivity index (χ0n) is 19.4. The number of hydrogen-bond donors (Lipinski definition) is 2. The number of nitrogens with zero attached hydrogens (tertiary/aromatic N) is 2. The minimum absolute atomic E-state index is 0.0179. The van der Waals surface area contributed by atoms with Crippen molar-refractivity contribution in [2.24, 2.45) is 0 Å². The van der Waals surface area contributed by atoms with E-state index in [0.29, 0.717) is 29.5 Å². The van der Waals surface area contributed by atoms with Crippen molar-refractivity contribution in [3.63, 3.8) is 0 Å². The second kappa shape index (κ2) is 9.72. The highest BCUT2D eigenvalue weighted by Gasteiger charge is 2.43. The number of hydrogen-bond acceptors (Lipinski definition) is 3. The lowest BCUT2D eigenvalue weighted by Crippen LogP contribution is -2.39. The molecule has 1 unspecified atom stereocenters. The fraction of sp³-hybridized carbons (Fsp3) is 0.179. The summed E-state index contributed by atoms with van der Waals surface area (Å²) in [6.45, 7) is 2.52. The lowest BCUT2D eigenvalue weighted by molar-refractivity contribution is -0.124. The predicted molar refractivity (Wildman–Crippen MR) is 143 cm³/mol. The molecule has 35 heavy (non-hydrogen) atoms. The first-order valence-electron chi connectivity index (χ1n) is 11.6. The molecule has 1 atom stereocenters. The molecule has 2 N–H and O–H groups in total. The highest BCUT2D eigenvalue weighted by Crippen LogP contribution is 2.28. The molecular formula is C28H26N4O2S. The van der Waals surface area contributed by atoms with E-state index in [2.05, 4.69) is 16.4 Å². The monoisotopic (exact) mass is 482 g/mol. The molecule has 3 aromatic carbocycles. The lowest BCUT2D eigenvalue weighted by Gasteiger charge is -2.24. The van der Waals surface area contributed by atoms with Crippen molar-refractivity contribution in [2.75, 3.05) is 16.8 Å². The molecule has 5 rings (SSSR count). The van der Waals surface area contributed by atoms with Gasteiger partial charge in [-0.1, -0.05) is 54.1 Å². The topological polar surface area (TPSA) is 68.4 Å². The van der Waals surface area contributed by atoms with Gasteiger partial charge in [0, 0.05) is 29.3 Å². The van der Waals surface area contributed by atoms with Gasteiger partial charge in [0.1, 0.15) is 6.04 Å². The van der Waals surface area contributed by atoms with E-state index in [9.17, 15) is 9.59 Å². The quantitative estimate of drug-likeness (QED) is 0.362. The molecule has 0 aliphatic carbocycles. The van der Waals surface area contributed by atoms with Gasteiger partial charge in [0.25, 0.3) is 5.91 Å². The summed E-state index contributed by atoms with van der Waals surface area (Å²) in [5, 5.41) is 4.49. The number of para-hydroxylation sites is 2. The van der Waals surface area contributed by atoms with Crippen LogP contribution in [0.3, 0.4) is 0 Å². The van der Waals surface area contributed by atoms with E-state index in [1.54, 1.807) is 4.90 Å². The smallest absolute Gasteiger partial charge is 0.256 e. The number of aromatic amines is 1. The number of carbonyl (C=O) groups is 2. The van der Waals surface area contributed by atoms with Gasteiger partial charge in [0.05, 0.1) is 12.1 Å². The second-order valence-corrected chi connectivity index (χ2v) is 9.09. The number of carbonyl (C=O) groups excluding carboxylic acids is 2. The predicted octanol–water partition coefficient (Wildman–Crippen LogP) is 5.05. The van der Waals surface area contributed by atoms with E-state index in [1.807, 2.05) is 90.8 Å². The van der Waals surface area contributed by atoms with Gasteiger partial charge in [-0.2, -0.15) is 0 Å². The van der Waals surface area contributed by atoms with Crippen LogP contribution in [0.15, 0.2) is 85.1 Å². The molecule has 7 heteroatoms. The third kappa shape index (κ3) is 4.68. The van der Waals surface area contributed by atoms with Crippen molar-refractivity contribution < 1.29 is 9.59 Å². The van der Waals surface area contributed by atoms with Crippen LogP contribution in [0.2, 0.25) is 0 Å². The molecule has 4 aromatic rings. The van der Waals surface area contributed by atoms with Crippen LogP contribution in [0.25, 0.3) is 10.9 Å². The Bertz CT molecular complexity index is 1380. The first kappa shape index (κ1) is 22.8. The Morgan fingerprint density at radius 2 is 1.71 bits per heavy atom. The van der Waals surface area contributed by atoms with Crippen LogP contribution in [-0.2, 0) is 16.0 Å². The van der Waals surface area contributed by atoms with Crippen molar-refractivity contribution in [1.82, 2.24) is 9.88 Å². The number of thiocarbonyl (C=S) groups is 1. The molecule has 1 fully saturated rings. The molecule has 176 valence electrons. The van der Waals surface area contributed by atoms with Crippen molar-refractivity contribution in [2.45, 2.75) is 25.8 Å². The van der Waals surface area contributed by atoms with Gasteiger partial charge in [0.15, 0.2) is 5.11 Å². The summed E-state index contributed by atoms with van der Waals surface area (Å²) in [7, 11) is 0. The maximum atomic E-state index is 13.5. The Balaban J connectivity index is 1.38. The van der Waals surface area contributed by atoms with Crippen LogP contribution < -0.4 is 10.2 Å². The Kier molecular flexibility index (Phi) is 6.33. The zero-order valence-corrected chi connectivity index (χ0v) is 20.2. The number of nitrogens with one attached hydrogen (secondary N) is 2. The Labute approximate surface area is 209 Å². The molecule has 0 spiro atoms. The SMILES string of the molecule is Cc1ccc(NC(=O)CC2C(=O)N(c3ccccc3)C(=S)N2CCc2c[nH]c3ccccc23)cc1. The molecule has 1 aliphatic rings. The van der Waals surface area contributed by atoms with E-state index in [0.717, 1.165) is 22.0 Å². The zero-order chi connectivity index (χ0) is 24.4. The number of amides is 2. The maximum Gasteiger partial charge on any atom is 0.256 e. The molecule has 1 aromatic heterocycles. The largest absolute Gasteiger partial charge is 0.361 e. The third-order valence-corrected chi connectivity index (χ3v) is 6.76. The number of fused-ring (bicyclic) bond motifs is 1. The maximum absolute atomic E-state index is 13.5. The van der Waals surface area contributed by atoms with Gasteiger partial charge in [-0.15, -0.1) is 0 Å². The normalized spacial score (nSPS) is 15.7. The summed E-state index contributed by atoms with van der Waals surface area (Å²) in [4.78, 5) is 33.2. The number of anilines is 2. The molecule has 1 saturated heterocycles. The molecule has 0 bridgehead atoms. The van der Waals surface area contributed by atoms with Gasteiger partial charge in [0.2, 0.25) is 5.91 Å².